The zero-order valence-electron chi connectivity index (χ0n) is 10.2. The second kappa shape index (κ2) is 5.42. The van der Waals surface area contributed by atoms with Crippen LogP contribution in [0.2, 0.25) is 0 Å². The first-order chi connectivity index (χ1) is 8.42. The van der Waals surface area contributed by atoms with E-state index < -0.39 is 0 Å². The molecule has 0 spiro atoms. The van der Waals surface area contributed by atoms with Crippen molar-refractivity contribution in [3.8, 4) is 0 Å². The summed E-state index contributed by atoms with van der Waals surface area (Å²) < 4.78 is 5.37. The number of rotatable bonds is 3. The fourth-order valence-electron chi connectivity index (χ4n) is 2.51. The third-order valence-corrected chi connectivity index (χ3v) is 4.69. The molecule has 0 unspecified atom stereocenters. The first-order valence-electron chi connectivity index (χ1n) is 6.46. The van der Waals surface area contributed by atoms with Crippen molar-refractivity contribution in [3.63, 3.8) is 0 Å². The highest BCUT2D eigenvalue weighted by molar-refractivity contribution is 7.99. The van der Waals surface area contributed by atoms with Crippen LogP contribution in [0.15, 0.2) is 23.1 Å². The molecule has 0 amide bonds. The van der Waals surface area contributed by atoms with Gasteiger partial charge in [-0.15, -0.1) is 11.8 Å². The normalized spacial score (nSPS) is 20.5. The smallest absolute Gasteiger partial charge is 0.0594 e. The quantitative estimate of drug-likeness (QED) is 0.815. The molecule has 1 saturated heterocycles. The van der Waals surface area contributed by atoms with E-state index in [0.29, 0.717) is 0 Å². The van der Waals surface area contributed by atoms with Crippen LogP contribution in [0.4, 0.5) is 0 Å². The average Bonchev–Trinajstić information content (AvgIpc) is 2.85. The van der Waals surface area contributed by atoms with Gasteiger partial charge < -0.3 is 4.74 Å². The number of ether oxygens (including phenoxy) is 1. The first kappa shape index (κ1) is 11.6. The Kier molecular flexibility index (Phi) is 3.69. The van der Waals surface area contributed by atoms with Gasteiger partial charge >= 0.3 is 0 Å². The van der Waals surface area contributed by atoms with Gasteiger partial charge in [0.1, 0.15) is 0 Å². The van der Waals surface area contributed by atoms with Crippen LogP contribution < -0.4 is 0 Å². The zero-order chi connectivity index (χ0) is 11.5. The number of benzene rings is 1. The lowest BCUT2D eigenvalue weighted by molar-refractivity contribution is 0.0384. The highest BCUT2D eigenvalue weighted by atomic mass is 32.2. The Morgan fingerprint density at radius 1 is 1.24 bits per heavy atom. The van der Waals surface area contributed by atoms with Crippen molar-refractivity contribution in [2.75, 3.05) is 38.6 Å². The standard InChI is InChI=1S/C14H19NOS/c1-2-14-13(4-10-17-14)11-12(1)3-5-15-6-8-16-9-7-15/h1-2,11H,3-10H2. The minimum atomic E-state index is 0.904. The van der Waals surface area contributed by atoms with E-state index in [1.807, 2.05) is 11.8 Å². The van der Waals surface area contributed by atoms with Crippen molar-refractivity contribution in [2.24, 2.45) is 0 Å². The Hall–Kier alpha value is -0.510. The summed E-state index contributed by atoms with van der Waals surface area (Å²) >= 11 is 2.00. The highest BCUT2D eigenvalue weighted by Crippen LogP contribution is 2.31. The minimum absolute atomic E-state index is 0.904. The van der Waals surface area contributed by atoms with Gasteiger partial charge in [-0.1, -0.05) is 12.1 Å². The zero-order valence-corrected chi connectivity index (χ0v) is 11.0. The van der Waals surface area contributed by atoms with Crippen LogP contribution in [0.3, 0.4) is 0 Å². The maximum Gasteiger partial charge on any atom is 0.0594 e. The van der Waals surface area contributed by atoms with Crippen molar-refractivity contribution in [3.05, 3.63) is 29.3 Å². The van der Waals surface area contributed by atoms with Crippen molar-refractivity contribution in [1.82, 2.24) is 4.90 Å². The summed E-state index contributed by atoms with van der Waals surface area (Å²) in [4.78, 5) is 4.01. The third kappa shape index (κ3) is 2.84. The van der Waals surface area contributed by atoms with Gasteiger partial charge in [0.05, 0.1) is 13.2 Å². The van der Waals surface area contributed by atoms with E-state index in [4.69, 9.17) is 4.74 Å². The predicted molar refractivity (Wildman–Crippen MR) is 71.8 cm³/mol. The van der Waals surface area contributed by atoms with Crippen LogP contribution in [-0.2, 0) is 17.6 Å². The molecule has 2 aliphatic heterocycles. The van der Waals surface area contributed by atoms with Crippen LogP contribution in [0, 0.1) is 0 Å². The molecule has 0 aromatic heterocycles. The number of aryl methyl sites for hydroxylation is 1. The summed E-state index contributed by atoms with van der Waals surface area (Å²) in [6.45, 7) is 5.18. The van der Waals surface area contributed by atoms with Gasteiger partial charge in [0, 0.05) is 30.3 Å². The number of morpholine rings is 1. The summed E-state index contributed by atoms with van der Waals surface area (Å²) in [5, 5.41) is 0. The molecule has 1 fully saturated rings. The third-order valence-electron chi connectivity index (χ3n) is 3.57. The number of hydrogen-bond donors (Lipinski definition) is 0. The van der Waals surface area contributed by atoms with E-state index in [1.165, 1.54) is 35.6 Å². The molecule has 0 atom stereocenters. The summed E-state index contributed by atoms with van der Waals surface area (Å²) in [7, 11) is 0. The summed E-state index contributed by atoms with van der Waals surface area (Å²) in [5.41, 5.74) is 3.06. The first-order valence-corrected chi connectivity index (χ1v) is 7.45. The molecule has 92 valence electrons. The van der Waals surface area contributed by atoms with E-state index in [9.17, 15) is 0 Å². The molecular formula is C14H19NOS. The monoisotopic (exact) mass is 249 g/mol. The lowest BCUT2D eigenvalue weighted by Crippen LogP contribution is -2.37. The van der Waals surface area contributed by atoms with Crippen LogP contribution in [0.25, 0.3) is 0 Å². The number of hydrogen-bond acceptors (Lipinski definition) is 3. The van der Waals surface area contributed by atoms with Gasteiger partial charge in [0.25, 0.3) is 0 Å². The van der Waals surface area contributed by atoms with E-state index in [0.717, 1.165) is 26.3 Å². The molecule has 0 bridgehead atoms. The van der Waals surface area contributed by atoms with E-state index in [1.54, 1.807) is 5.56 Å². The SMILES string of the molecule is c1cc2c(cc1CCN1CCOCC1)CCS2. The van der Waals surface area contributed by atoms with Gasteiger partial charge in [0.15, 0.2) is 0 Å². The van der Waals surface area contributed by atoms with Gasteiger partial charge in [-0.25, -0.2) is 0 Å². The Bertz CT molecular complexity index is 388. The Morgan fingerprint density at radius 3 is 3.00 bits per heavy atom. The lowest BCUT2D eigenvalue weighted by Gasteiger charge is -2.26. The van der Waals surface area contributed by atoms with Crippen LogP contribution in [-0.4, -0.2) is 43.5 Å². The molecule has 0 radical (unpaired) electrons. The van der Waals surface area contributed by atoms with Gasteiger partial charge in [-0.2, -0.15) is 0 Å². The van der Waals surface area contributed by atoms with Gasteiger partial charge in [-0.3, -0.25) is 4.90 Å². The topological polar surface area (TPSA) is 12.5 Å². The molecule has 3 rings (SSSR count). The number of fused-ring (bicyclic) bond motifs is 1. The molecule has 1 aromatic rings. The minimum Gasteiger partial charge on any atom is -0.379 e. The highest BCUT2D eigenvalue weighted by Gasteiger charge is 2.13. The second-order valence-electron chi connectivity index (χ2n) is 4.74. The number of thioether (sulfide) groups is 1. The van der Waals surface area contributed by atoms with E-state index in [-0.39, 0.29) is 0 Å². The van der Waals surface area contributed by atoms with E-state index >= 15 is 0 Å². The Morgan fingerprint density at radius 2 is 2.12 bits per heavy atom. The molecule has 2 heterocycles. The van der Waals surface area contributed by atoms with E-state index in [2.05, 4.69) is 23.1 Å². The van der Waals surface area contributed by atoms with Crippen molar-refractivity contribution >= 4 is 11.8 Å². The number of nitrogens with zero attached hydrogens (tertiary/aromatic N) is 1. The molecule has 3 heteroatoms. The van der Waals surface area contributed by atoms with Gasteiger partial charge in [-0.05, 0) is 30.0 Å². The largest absolute Gasteiger partial charge is 0.379 e. The fourth-order valence-corrected chi connectivity index (χ4v) is 3.56. The van der Waals surface area contributed by atoms with Gasteiger partial charge in [0.2, 0.25) is 0 Å². The molecule has 0 N–H and O–H groups in total. The molecule has 0 saturated carbocycles. The Labute approximate surface area is 107 Å². The predicted octanol–water partition coefficient (Wildman–Crippen LogP) is 2.21. The average molecular weight is 249 g/mol. The summed E-state index contributed by atoms with van der Waals surface area (Å²) in [5.74, 6) is 1.27. The second-order valence-corrected chi connectivity index (χ2v) is 5.88. The molecule has 1 aromatic carbocycles. The summed E-state index contributed by atoms with van der Waals surface area (Å²) in [6, 6.07) is 7.02. The fraction of sp³-hybridized carbons (Fsp3) is 0.571. The van der Waals surface area contributed by atoms with Crippen LogP contribution >= 0.6 is 11.8 Å². The van der Waals surface area contributed by atoms with Crippen molar-refractivity contribution < 1.29 is 4.74 Å². The molecule has 17 heavy (non-hydrogen) atoms. The van der Waals surface area contributed by atoms with Crippen molar-refractivity contribution in [1.29, 1.82) is 0 Å². The molecular weight excluding hydrogens is 230 g/mol. The Balaban J connectivity index is 1.57. The van der Waals surface area contributed by atoms with Crippen LogP contribution in [0.1, 0.15) is 11.1 Å². The van der Waals surface area contributed by atoms with Crippen molar-refractivity contribution in [2.45, 2.75) is 17.7 Å². The molecule has 2 nitrogen and oxygen atoms in total. The lowest BCUT2D eigenvalue weighted by atomic mass is 10.1. The molecule has 2 aliphatic rings. The maximum absolute atomic E-state index is 5.37. The van der Waals surface area contributed by atoms with Crippen LogP contribution in [0.5, 0.6) is 0 Å². The summed E-state index contributed by atoms with van der Waals surface area (Å²) in [6.07, 6.45) is 2.43. The molecule has 0 aliphatic carbocycles. The maximum atomic E-state index is 5.37.